The molecule has 3 amide bonds. The van der Waals surface area contributed by atoms with Gasteiger partial charge >= 0.3 is 0 Å². The quantitative estimate of drug-likeness (QED) is 0.426. The van der Waals surface area contributed by atoms with Crippen molar-refractivity contribution in [1.82, 2.24) is 9.88 Å². The van der Waals surface area contributed by atoms with Crippen LogP contribution in [0.1, 0.15) is 36.1 Å². The number of benzene rings is 3. The topological polar surface area (TPSA) is 85.5 Å². The van der Waals surface area contributed by atoms with E-state index < -0.39 is 6.04 Å². The van der Waals surface area contributed by atoms with E-state index in [0.717, 1.165) is 11.2 Å². The van der Waals surface area contributed by atoms with Gasteiger partial charge in [-0.15, -0.1) is 0 Å². The molecule has 7 nitrogen and oxygen atoms in total. The van der Waals surface area contributed by atoms with Crippen molar-refractivity contribution in [2.45, 2.75) is 31.8 Å². The van der Waals surface area contributed by atoms with Crippen LogP contribution in [0.15, 0.2) is 78.9 Å². The molecule has 3 heterocycles. The summed E-state index contributed by atoms with van der Waals surface area (Å²) in [5, 5.41) is 3.91. The SMILES string of the molecule is CC(=O)Nc1ccc(N2C(=O)C[C@H](N3Cc4[nH]c5ccccc5c4[C@H](c4ccccc4)C3)C2=O)cc1. The lowest BCUT2D eigenvalue weighted by atomic mass is 9.85. The molecule has 2 aliphatic heterocycles. The average molecular weight is 479 g/mol. The van der Waals surface area contributed by atoms with E-state index in [1.807, 2.05) is 24.3 Å². The zero-order chi connectivity index (χ0) is 24.8. The molecular formula is C29H26N4O3. The number of imide groups is 1. The van der Waals surface area contributed by atoms with Gasteiger partial charge in [-0.25, -0.2) is 4.90 Å². The first kappa shape index (κ1) is 22.2. The van der Waals surface area contributed by atoms with E-state index in [1.165, 1.54) is 28.3 Å². The van der Waals surface area contributed by atoms with E-state index in [4.69, 9.17) is 0 Å². The minimum absolute atomic E-state index is 0.0833. The van der Waals surface area contributed by atoms with Gasteiger partial charge in [0.1, 0.15) is 0 Å². The summed E-state index contributed by atoms with van der Waals surface area (Å²) < 4.78 is 0. The van der Waals surface area contributed by atoms with E-state index >= 15 is 0 Å². The number of aromatic amines is 1. The fourth-order valence-electron chi connectivity index (χ4n) is 5.60. The number of nitrogens with one attached hydrogen (secondary N) is 2. The predicted octanol–water partition coefficient (Wildman–Crippen LogP) is 4.41. The van der Waals surface area contributed by atoms with Gasteiger partial charge < -0.3 is 10.3 Å². The highest BCUT2D eigenvalue weighted by Gasteiger charge is 2.45. The molecule has 2 aliphatic rings. The highest BCUT2D eigenvalue weighted by atomic mass is 16.2. The number of fused-ring (bicyclic) bond motifs is 3. The van der Waals surface area contributed by atoms with Crippen molar-refractivity contribution >= 4 is 40.0 Å². The molecule has 180 valence electrons. The molecule has 0 bridgehead atoms. The molecule has 0 unspecified atom stereocenters. The number of amides is 3. The van der Waals surface area contributed by atoms with Gasteiger partial charge in [0.05, 0.1) is 18.2 Å². The number of aromatic nitrogens is 1. The Bertz CT molecular complexity index is 1480. The third-order valence-electron chi connectivity index (χ3n) is 7.17. The van der Waals surface area contributed by atoms with Gasteiger partial charge in [-0.3, -0.25) is 19.3 Å². The zero-order valence-electron chi connectivity index (χ0n) is 19.9. The molecule has 0 spiro atoms. The largest absolute Gasteiger partial charge is 0.357 e. The van der Waals surface area contributed by atoms with Crippen molar-refractivity contribution in [2.75, 3.05) is 16.8 Å². The van der Waals surface area contributed by atoms with Gasteiger partial charge in [-0.1, -0.05) is 48.5 Å². The van der Waals surface area contributed by atoms with E-state index in [1.54, 1.807) is 24.3 Å². The standard InChI is InChI=1S/C29H26N4O3/c1-18(34)30-20-11-13-21(14-12-20)33-27(35)15-26(29(33)36)32-16-23(19-7-3-2-4-8-19)28-22-9-5-6-10-24(22)31-25(28)17-32/h2-14,23,26,31H,15-17H2,1H3,(H,30,34)/t23-,26-/m0/s1. The van der Waals surface area contributed by atoms with Crippen molar-refractivity contribution < 1.29 is 14.4 Å². The van der Waals surface area contributed by atoms with Crippen molar-refractivity contribution in [2.24, 2.45) is 0 Å². The molecular weight excluding hydrogens is 452 g/mol. The molecule has 6 rings (SSSR count). The van der Waals surface area contributed by atoms with Crippen LogP contribution >= 0.6 is 0 Å². The molecule has 7 heteroatoms. The normalized spacial score (nSPS) is 20.1. The Kier molecular flexibility index (Phi) is 5.42. The van der Waals surface area contributed by atoms with Crippen molar-refractivity contribution in [3.05, 3.63) is 95.7 Å². The lowest BCUT2D eigenvalue weighted by molar-refractivity contribution is -0.123. The van der Waals surface area contributed by atoms with Crippen LogP contribution in [-0.4, -0.2) is 40.2 Å². The first-order valence-corrected chi connectivity index (χ1v) is 12.1. The maximum Gasteiger partial charge on any atom is 0.251 e. The van der Waals surface area contributed by atoms with Gasteiger partial charge in [0.25, 0.3) is 5.91 Å². The van der Waals surface area contributed by atoms with Crippen molar-refractivity contribution in [1.29, 1.82) is 0 Å². The fraction of sp³-hybridized carbons (Fsp3) is 0.207. The number of hydrogen-bond acceptors (Lipinski definition) is 4. The first-order chi connectivity index (χ1) is 17.5. The summed E-state index contributed by atoms with van der Waals surface area (Å²) in [5.74, 6) is -0.514. The summed E-state index contributed by atoms with van der Waals surface area (Å²) in [5.41, 5.74) is 5.78. The second-order valence-electron chi connectivity index (χ2n) is 9.47. The second kappa shape index (κ2) is 8.77. The summed E-state index contributed by atoms with van der Waals surface area (Å²) in [6, 6.07) is 24.9. The maximum atomic E-state index is 13.6. The van der Waals surface area contributed by atoms with Crippen LogP contribution in [0.25, 0.3) is 10.9 Å². The van der Waals surface area contributed by atoms with Crippen molar-refractivity contribution in [3.8, 4) is 0 Å². The Morgan fingerprint density at radius 3 is 2.42 bits per heavy atom. The Morgan fingerprint density at radius 1 is 0.944 bits per heavy atom. The molecule has 1 saturated heterocycles. The number of carbonyl (C=O) groups excluding carboxylic acids is 3. The third kappa shape index (κ3) is 3.78. The Labute approximate surface area is 208 Å². The van der Waals surface area contributed by atoms with E-state index in [9.17, 15) is 14.4 Å². The molecule has 36 heavy (non-hydrogen) atoms. The van der Waals surface area contributed by atoms with Crippen LogP contribution < -0.4 is 10.2 Å². The second-order valence-corrected chi connectivity index (χ2v) is 9.47. The van der Waals surface area contributed by atoms with Crippen LogP contribution in [-0.2, 0) is 20.9 Å². The number of H-pyrrole nitrogens is 1. The monoisotopic (exact) mass is 478 g/mol. The Hall–Kier alpha value is -4.23. The summed E-state index contributed by atoms with van der Waals surface area (Å²) in [7, 11) is 0. The van der Waals surface area contributed by atoms with Crippen molar-refractivity contribution in [3.63, 3.8) is 0 Å². The van der Waals surface area contributed by atoms with Gasteiger partial charge in [-0.2, -0.15) is 0 Å². The number of hydrogen-bond donors (Lipinski definition) is 2. The van der Waals surface area contributed by atoms with Crippen LogP contribution in [0.3, 0.4) is 0 Å². The lowest BCUT2D eigenvalue weighted by Crippen LogP contribution is -2.45. The molecule has 4 aromatic rings. The molecule has 1 aromatic heterocycles. The van der Waals surface area contributed by atoms with E-state index in [0.29, 0.717) is 24.5 Å². The van der Waals surface area contributed by atoms with Gasteiger partial charge in [-0.05, 0) is 41.5 Å². The predicted molar refractivity (Wildman–Crippen MR) is 139 cm³/mol. The minimum atomic E-state index is -0.529. The Morgan fingerprint density at radius 2 is 1.67 bits per heavy atom. The molecule has 0 aliphatic carbocycles. The van der Waals surface area contributed by atoms with Gasteiger partial charge in [0.15, 0.2) is 0 Å². The van der Waals surface area contributed by atoms with Gasteiger partial charge in [0, 0.05) is 48.2 Å². The lowest BCUT2D eigenvalue weighted by Gasteiger charge is -2.36. The van der Waals surface area contributed by atoms with Crippen LogP contribution in [0, 0.1) is 0 Å². The number of nitrogens with zero attached hydrogens (tertiary/aromatic N) is 2. The fourth-order valence-corrected chi connectivity index (χ4v) is 5.60. The van der Waals surface area contributed by atoms with Gasteiger partial charge in [0.2, 0.25) is 11.8 Å². The number of anilines is 2. The van der Waals surface area contributed by atoms with Crippen LogP contribution in [0.2, 0.25) is 0 Å². The first-order valence-electron chi connectivity index (χ1n) is 12.1. The molecule has 3 aromatic carbocycles. The third-order valence-corrected chi connectivity index (χ3v) is 7.17. The summed E-state index contributed by atoms with van der Waals surface area (Å²) in [4.78, 5) is 44.9. The summed E-state index contributed by atoms with van der Waals surface area (Å²) in [6.07, 6.45) is 0.142. The number of rotatable bonds is 4. The minimum Gasteiger partial charge on any atom is -0.357 e. The average Bonchev–Trinajstić information content (AvgIpc) is 3.40. The molecule has 2 N–H and O–H groups in total. The number of carbonyl (C=O) groups is 3. The highest BCUT2D eigenvalue weighted by Crippen LogP contribution is 2.40. The van der Waals surface area contributed by atoms with Crippen LogP contribution in [0.4, 0.5) is 11.4 Å². The summed E-state index contributed by atoms with van der Waals surface area (Å²) in [6.45, 7) is 2.66. The summed E-state index contributed by atoms with van der Waals surface area (Å²) >= 11 is 0. The smallest absolute Gasteiger partial charge is 0.251 e. The number of para-hydroxylation sites is 1. The molecule has 0 radical (unpaired) electrons. The Balaban J connectivity index is 1.33. The van der Waals surface area contributed by atoms with E-state index in [-0.39, 0.29) is 30.1 Å². The van der Waals surface area contributed by atoms with Crippen LogP contribution in [0.5, 0.6) is 0 Å². The van der Waals surface area contributed by atoms with E-state index in [2.05, 4.69) is 45.5 Å². The zero-order valence-corrected chi connectivity index (χ0v) is 19.9. The highest BCUT2D eigenvalue weighted by molar-refractivity contribution is 6.22. The molecule has 2 atom stereocenters. The molecule has 1 fully saturated rings. The molecule has 0 saturated carbocycles. The maximum absolute atomic E-state index is 13.6.